The lowest BCUT2D eigenvalue weighted by atomic mass is 10.1. The van der Waals surface area contributed by atoms with Crippen molar-refractivity contribution < 1.29 is 9.53 Å². The fourth-order valence-electron chi connectivity index (χ4n) is 1.51. The van der Waals surface area contributed by atoms with Crippen LogP contribution < -0.4 is 5.32 Å². The molecule has 0 fully saturated rings. The minimum absolute atomic E-state index is 0.116. The molecule has 0 radical (unpaired) electrons. The van der Waals surface area contributed by atoms with Gasteiger partial charge in [-0.25, -0.2) is 0 Å². The van der Waals surface area contributed by atoms with Crippen LogP contribution in [0.4, 0.5) is 0 Å². The summed E-state index contributed by atoms with van der Waals surface area (Å²) in [6, 6.07) is -0.132. The van der Waals surface area contributed by atoms with Gasteiger partial charge in [0.1, 0.15) is 6.04 Å². The van der Waals surface area contributed by atoms with Crippen LogP contribution in [0, 0.1) is 0 Å². The van der Waals surface area contributed by atoms with Gasteiger partial charge in [0, 0.05) is 0 Å². The second-order valence-corrected chi connectivity index (χ2v) is 4.20. The van der Waals surface area contributed by atoms with E-state index in [1.54, 1.807) is 0 Å². The second kappa shape index (κ2) is 9.60. The van der Waals surface area contributed by atoms with E-state index in [-0.39, 0.29) is 12.0 Å². The van der Waals surface area contributed by atoms with E-state index in [0.717, 1.165) is 32.4 Å². The molecule has 4 heteroatoms. The first kappa shape index (κ1) is 15.4. The first-order valence-electron chi connectivity index (χ1n) is 6.16. The van der Waals surface area contributed by atoms with E-state index in [9.17, 15) is 4.79 Å². The summed E-state index contributed by atoms with van der Waals surface area (Å²) in [5, 5.41) is 3.26. The van der Waals surface area contributed by atoms with E-state index in [1.165, 1.54) is 0 Å². The lowest BCUT2D eigenvalue weighted by molar-refractivity contribution is -0.145. The van der Waals surface area contributed by atoms with Crippen molar-refractivity contribution in [1.82, 2.24) is 10.2 Å². The molecule has 0 aliphatic carbocycles. The number of nitrogens with zero attached hydrogens (tertiary/aromatic N) is 1. The Morgan fingerprint density at radius 3 is 2.56 bits per heavy atom. The summed E-state index contributed by atoms with van der Waals surface area (Å²) in [4.78, 5) is 13.7. The first-order valence-corrected chi connectivity index (χ1v) is 6.16. The SMILES string of the molecule is CCCC(NCCCN(C)C)C(=O)OCC. The molecule has 1 unspecified atom stereocenters. The molecule has 0 aromatic heterocycles. The van der Waals surface area contributed by atoms with Crippen molar-refractivity contribution in [2.45, 2.75) is 39.2 Å². The topological polar surface area (TPSA) is 41.6 Å². The van der Waals surface area contributed by atoms with E-state index in [0.29, 0.717) is 6.61 Å². The van der Waals surface area contributed by atoms with Gasteiger partial charge < -0.3 is 15.0 Å². The fraction of sp³-hybridized carbons (Fsp3) is 0.917. The molecule has 0 bridgehead atoms. The highest BCUT2D eigenvalue weighted by Crippen LogP contribution is 1.99. The molecule has 0 amide bonds. The number of nitrogens with one attached hydrogen (secondary N) is 1. The van der Waals surface area contributed by atoms with Crippen molar-refractivity contribution >= 4 is 5.97 Å². The third-order valence-corrected chi connectivity index (χ3v) is 2.32. The summed E-state index contributed by atoms with van der Waals surface area (Å²) >= 11 is 0. The molecule has 16 heavy (non-hydrogen) atoms. The van der Waals surface area contributed by atoms with Crippen molar-refractivity contribution in [3.63, 3.8) is 0 Å². The van der Waals surface area contributed by atoms with Crippen LogP contribution in [0.3, 0.4) is 0 Å². The van der Waals surface area contributed by atoms with Gasteiger partial charge in [-0.2, -0.15) is 0 Å². The average molecular weight is 230 g/mol. The smallest absolute Gasteiger partial charge is 0.323 e. The summed E-state index contributed by atoms with van der Waals surface area (Å²) in [6.07, 6.45) is 2.89. The number of carbonyl (C=O) groups excluding carboxylic acids is 1. The highest BCUT2D eigenvalue weighted by Gasteiger charge is 2.17. The standard InChI is InChI=1S/C12H26N2O2/c1-5-8-11(12(15)16-6-2)13-9-7-10-14(3)4/h11,13H,5-10H2,1-4H3. The number of esters is 1. The first-order chi connectivity index (χ1) is 7.61. The molecular formula is C12H26N2O2. The number of hydrogen-bond acceptors (Lipinski definition) is 4. The van der Waals surface area contributed by atoms with Gasteiger partial charge in [-0.1, -0.05) is 13.3 Å². The highest BCUT2D eigenvalue weighted by molar-refractivity contribution is 5.75. The molecule has 1 atom stereocenters. The third-order valence-electron chi connectivity index (χ3n) is 2.32. The maximum absolute atomic E-state index is 11.6. The molecule has 0 saturated carbocycles. The molecule has 0 rings (SSSR count). The second-order valence-electron chi connectivity index (χ2n) is 4.20. The van der Waals surface area contributed by atoms with Crippen LogP contribution in [0.25, 0.3) is 0 Å². The van der Waals surface area contributed by atoms with Gasteiger partial charge in [0.15, 0.2) is 0 Å². The van der Waals surface area contributed by atoms with Crippen LogP contribution in [-0.4, -0.2) is 50.7 Å². The molecule has 4 nitrogen and oxygen atoms in total. The summed E-state index contributed by atoms with van der Waals surface area (Å²) in [5.41, 5.74) is 0. The highest BCUT2D eigenvalue weighted by atomic mass is 16.5. The number of carbonyl (C=O) groups is 1. The Kier molecular flexibility index (Phi) is 9.24. The monoisotopic (exact) mass is 230 g/mol. The van der Waals surface area contributed by atoms with Crippen molar-refractivity contribution in [1.29, 1.82) is 0 Å². The Hall–Kier alpha value is -0.610. The van der Waals surface area contributed by atoms with Crippen LogP contribution in [0.1, 0.15) is 33.1 Å². The Bertz CT molecular complexity index is 184. The van der Waals surface area contributed by atoms with E-state index in [2.05, 4.69) is 31.2 Å². The van der Waals surface area contributed by atoms with E-state index < -0.39 is 0 Å². The normalized spacial score (nSPS) is 12.8. The molecule has 0 aliphatic rings. The zero-order valence-electron chi connectivity index (χ0n) is 11.1. The van der Waals surface area contributed by atoms with Crippen LogP contribution in [0.5, 0.6) is 0 Å². The van der Waals surface area contributed by atoms with Gasteiger partial charge in [-0.15, -0.1) is 0 Å². The van der Waals surface area contributed by atoms with Gasteiger partial charge in [-0.3, -0.25) is 4.79 Å². The van der Waals surface area contributed by atoms with E-state index >= 15 is 0 Å². The maximum atomic E-state index is 11.6. The zero-order chi connectivity index (χ0) is 12.4. The van der Waals surface area contributed by atoms with Crippen molar-refractivity contribution in [2.24, 2.45) is 0 Å². The predicted octanol–water partition coefficient (Wildman–Crippen LogP) is 1.26. The van der Waals surface area contributed by atoms with Crippen LogP contribution >= 0.6 is 0 Å². The Morgan fingerprint density at radius 2 is 2.06 bits per heavy atom. The van der Waals surface area contributed by atoms with Gasteiger partial charge in [0.25, 0.3) is 0 Å². The Morgan fingerprint density at radius 1 is 1.38 bits per heavy atom. The minimum atomic E-state index is -0.132. The van der Waals surface area contributed by atoms with Crippen molar-refractivity contribution in [2.75, 3.05) is 33.8 Å². The van der Waals surface area contributed by atoms with Crippen molar-refractivity contribution in [3.8, 4) is 0 Å². The molecule has 0 heterocycles. The molecule has 0 aromatic carbocycles. The molecule has 0 aromatic rings. The number of ether oxygens (including phenoxy) is 1. The zero-order valence-corrected chi connectivity index (χ0v) is 11.1. The van der Waals surface area contributed by atoms with Crippen LogP contribution in [0.15, 0.2) is 0 Å². The maximum Gasteiger partial charge on any atom is 0.323 e. The molecule has 0 spiro atoms. The summed E-state index contributed by atoms with van der Waals surface area (Å²) in [6.45, 7) is 6.27. The average Bonchev–Trinajstić information content (AvgIpc) is 2.22. The van der Waals surface area contributed by atoms with Crippen LogP contribution in [-0.2, 0) is 9.53 Å². The molecule has 0 aliphatic heterocycles. The molecular weight excluding hydrogens is 204 g/mol. The minimum Gasteiger partial charge on any atom is -0.465 e. The van der Waals surface area contributed by atoms with Gasteiger partial charge in [0.2, 0.25) is 0 Å². The largest absolute Gasteiger partial charge is 0.465 e. The van der Waals surface area contributed by atoms with Crippen molar-refractivity contribution in [3.05, 3.63) is 0 Å². The van der Waals surface area contributed by atoms with E-state index in [4.69, 9.17) is 4.74 Å². The molecule has 96 valence electrons. The predicted molar refractivity (Wildman–Crippen MR) is 66.5 cm³/mol. The number of hydrogen-bond donors (Lipinski definition) is 1. The summed E-state index contributed by atoms with van der Waals surface area (Å²) in [5.74, 6) is -0.116. The van der Waals surface area contributed by atoms with Gasteiger partial charge >= 0.3 is 5.97 Å². The quantitative estimate of drug-likeness (QED) is 0.478. The number of rotatable bonds is 9. The lowest BCUT2D eigenvalue weighted by Gasteiger charge is -2.17. The fourth-order valence-corrected chi connectivity index (χ4v) is 1.51. The molecule has 0 saturated heterocycles. The Labute approximate surface area is 99.3 Å². The summed E-state index contributed by atoms with van der Waals surface area (Å²) < 4.78 is 5.02. The van der Waals surface area contributed by atoms with Gasteiger partial charge in [0.05, 0.1) is 6.61 Å². The third kappa shape index (κ3) is 7.65. The Balaban J connectivity index is 3.80. The summed E-state index contributed by atoms with van der Waals surface area (Å²) in [7, 11) is 4.10. The molecule has 1 N–H and O–H groups in total. The van der Waals surface area contributed by atoms with Crippen LogP contribution in [0.2, 0.25) is 0 Å². The van der Waals surface area contributed by atoms with Gasteiger partial charge in [-0.05, 0) is 47.0 Å². The van der Waals surface area contributed by atoms with E-state index in [1.807, 2.05) is 6.92 Å². The lowest BCUT2D eigenvalue weighted by Crippen LogP contribution is -2.39.